The number of fused-ring (bicyclic) bond motifs is 3. The van der Waals surface area contributed by atoms with E-state index in [0.717, 1.165) is 21.8 Å². The molecule has 0 amide bonds. The third-order valence-electron chi connectivity index (χ3n) is 2.42. The van der Waals surface area contributed by atoms with Crippen LogP contribution in [0.1, 0.15) is 0 Å². The SMILES string of the molecule is Clc1ccc2c(c1)nnc1ccccc12. The quantitative estimate of drug-likeness (QED) is 0.536. The van der Waals surface area contributed by atoms with E-state index in [2.05, 4.69) is 10.2 Å². The number of hydrogen-bond donors (Lipinski definition) is 0. The van der Waals surface area contributed by atoms with E-state index in [1.807, 2.05) is 42.5 Å². The number of rotatable bonds is 0. The van der Waals surface area contributed by atoms with Gasteiger partial charge in [0.2, 0.25) is 0 Å². The molecule has 0 radical (unpaired) electrons. The van der Waals surface area contributed by atoms with Crippen molar-refractivity contribution in [1.82, 2.24) is 10.2 Å². The van der Waals surface area contributed by atoms with Crippen molar-refractivity contribution in [2.24, 2.45) is 0 Å². The molecule has 3 aromatic rings. The van der Waals surface area contributed by atoms with Gasteiger partial charge in [-0.1, -0.05) is 35.9 Å². The smallest absolute Gasteiger partial charge is 0.0950 e. The van der Waals surface area contributed by atoms with Crippen LogP contribution in [0.15, 0.2) is 42.5 Å². The molecule has 0 bridgehead atoms. The average molecular weight is 215 g/mol. The molecule has 0 atom stereocenters. The lowest BCUT2D eigenvalue weighted by Gasteiger charge is -2.01. The molecule has 72 valence electrons. The minimum absolute atomic E-state index is 0.687. The van der Waals surface area contributed by atoms with Crippen molar-refractivity contribution in [3.63, 3.8) is 0 Å². The molecule has 0 aliphatic rings. The van der Waals surface area contributed by atoms with E-state index in [4.69, 9.17) is 11.6 Å². The van der Waals surface area contributed by atoms with Crippen LogP contribution >= 0.6 is 11.6 Å². The van der Waals surface area contributed by atoms with Gasteiger partial charge in [-0.15, -0.1) is 10.2 Å². The summed E-state index contributed by atoms with van der Waals surface area (Å²) in [5.74, 6) is 0. The van der Waals surface area contributed by atoms with Crippen molar-refractivity contribution in [2.75, 3.05) is 0 Å². The molecule has 0 fully saturated rings. The first kappa shape index (κ1) is 8.62. The lowest BCUT2D eigenvalue weighted by Crippen LogP contribution is -1.86. The van der Waals surface area contributed by atoms with E-state index < -0.39 is 0 Å². The van der Waals surface area contributed by atoms with Crippen LogP contribution in [0.5, 0.6) is 0 Å². The average Bonchev–Trinajstić information content (AvgIpc) is 2.28. The second-order valence-corrected chi connectivity index (χ2v) is 3.82. The van der Waals surface area contributed by atoms with E-state index in [1.54, 1.807) is 0 Å². The molecule has 0 saturated carbocycles. The highest BCUT2D eigenvalue weighted by Gasteiger charge is 2.02. The lowest BCUT2D eigenvalue weighted by molar-refractivity contribution is 1.12. The Morgan fingerprint density at radius 2 is 1.53 bits per heavy atom. The minimum atomic E-state index is 0.687. The Morgan fingerprint density at radius 1 is 0.800 bits per heavy atom. The zero-order chi connectivity index (χ0) is 10.3. The zero-order valence-electron chi connectivity index (χ0n) is 7.81. The Morgan fingerprint density at radius 3 is 2.47 bits per heavy atom. The summed E-state index contributed by atoms with van der Waals surface area (Å²) >= 11 is 5.90. The molecule has 0 aliphatic heterocycles. The van der Waals surface area contributed by atoms with E-state index in [1.165, 1.54) is 0 Å². The monoisotopic (exact) mass is 214 g/mol. The largest absolute Gasteiger partial charge is 0.150 e. The van der Waals surface area contributed by atoms with Crippen LogP contribution in [0.25, 0.3) is 21.8 Å². The van der Waals surface area contributed by atoms with E-state index in [0.29, 0.717) is 5.02 Å². The maximum Gasteiger partial charge on any atom is 0.0950 e. The molecule has 3 heteroatoms. The van der Waals surface area contributed by atoms with Crippen LogP contribution in [0.2, 0.25) is 5.02 Å². The summed E-state index contributed by atoms with van der Waals surface area (Å²) in [6, 6.07) is 13.6. The standard InChI is InChI=1S/C12H7ClN2/c13-8-5-6-10-9-3-1-2-4-11(9)14-15-12(10)7-8/h1-7H. The summed E-state index contributed by atoms with van der Waals surface area (Å²) in [5, 5.41) is 11.2. The van der Waals surface area contributed by atoms with Gasteiger partial charge < -0.3 is 0 Å². The molecule has 2 nitrogen and oxygen atoms in total. The summed E-state index contributed by atoms with van der Waals surface area (Å²) in [7, 11) is 0. The van der Waals surface area contributed by atoms with E-state index >= 15 is 0 Å². The number of benzene rings is 2. The molecule has 2 aromatic carbocycles. The van der Waals surface area contributed by atoms with Gasteiger partial charge in [-0.25, -0.2) is 0 Å². The maximum atomic E-state index is 5.90. The molecular weight excluding hydrogens is 208 g/mol. The highest BCUT2D eigenvalue weighted by Crippen LogP contribution is 2.23. The van der Waals surface area contributed by atoms with Gasteiger partial charge in [0.1, 0.15) is 0 Å². The van der Waals surface area contributed by atoms with Gasteiger partial charge in [0.05, 0.1) is 11.0 Å². The second kappa shape index (κ2) is 3.17. The highest BCUT2D eigenvalue weighted by atomic mass is 35.5. The van der Waals surface area contributed by atoms with Gasteiger partial charge in [-0.05, 0) is 18.2 Å². The van der Waals surface area contributed by atoms with Crippen molar-refractivity contribution >= 4 is 33.4 Å². The van der Waals surface area contributed by atoms with Crippen molar-refractivity contribution in [3.8, 4) is 0 Å². The van der Waals surface area contributed by atoms with Crippen LogP contribution in [-0.4, -0.2) is 10.2 Å². The summed E-state index contributed by atoms with van der Waals surface area (Å²) in [6.07, 6.45) is 0. The second-order valence-electron chi connectivity index (χ2n) is 3.38. The van der Waals surface area contributed by atoms with Crippen LogP contribution in [0, 0.1) is 0 Å². The number of nitrogens with zero attached hydrogens (tertiary/aromatic N) is 2. The molecule has 0 aliphatic carbocycles. The number of aromatic nitrogens is 2. The summed E-state index contributed by atoms with van der Waals surface area (Å²) in [4.78, 5) is 0. The normalized spacial score (nSPS) is 11.0. The predicted octanol–water partition coefficient (Wildman–Crippen LogP) is 3.44. The predicted molar refractivity (Wildman–Crippen MR) is 62.1 cm³/mol. The summed E-state index contributed by atoms with van der Waals surface area (Å²) < 4.78 is 0. The molecule has 1 aromatic heterocycles. The molecule has 0 saturated heterocycles. The molecule has 15 heavy (non-hydrogen) atoms. The van der Waals surface area contributed by atoms with Crippen LogP contribution in [0.3, 0.4) is 0 Å². The van der Waals surface area contributed by atoms with E-state index in [-0.39, 0.29) is 0 Å². The van der Waals surface area contributed by atoms with Gasteiger partial charge in [0.15, 0.2) is 0 Å². The van der Waals surface area contributed by atoms with Crippen LogP contribution < -0.4 is 0 Å². The Bertz CT molecular complexity index is 649. The molecule has 3 rings (SSSR count). The van der Waals surface area contributed by atoms with Crippen molar-refractivity contribution < 1.29 is 0 Å². The third-order valence-corrected chi connectivity index (χ3v) is 2.65. The van der Waals surface area contributed by atoms with Crippen molar-refractivity contribution in [1.29, 1.82) is 0 Å². The highest BCUT2D eigenvalue weighted by molar-refractivity contribution is 6.31. The van der Waals surface area contributed by atoms with Gasteiger partial charge in [0.25, 0.3) is 0 Å². The van der Waals surface area contributed by atoms with E-state index in [9.17, 15) is 0 Å². The minimum Gasteiger partial charge on any atom is -0.150 e. The fraction of sp³-hybridized carbons (Fsp3) is 0. The Balaban J connectivity index is 2.55. The Labute approximate surface area is 91.5 Å². The zero-order valence-corrected chi connectivity index (χ0v) is 8.57. The van der Waals surface area contributed by atoms with Crippen molar-refractivity contribution in [2.45, 2.75) is 0 Å². The molecule has 0 spiro atoms. The first-order valence-electron chi connectivity index (χ1n) is 4.65. The molecule has 0 N–H and O–H groups in total. The summed E-state index contributed by atoms with van der Waals surface area (Å²) in [6.45, 7) is 0. The van der Waals surface area contributed by atoms with Gasteiger partial charge >= 0.3 is 0 Å². The molecule has 0 unspecified atom stereocenters. The number of hydrogen-bond acceptors (Lipinski definition) is 2. The van der Waals surface area contributed by atoms with Crippen LogP contribution in [-0.2, 0) is 0 Å². The first-order chi connectivity index (χ1) is 7.34. The Kier molecular flexibility index (Phi) is 1.82. The van der Waals surface area contributed by atoms with Crippen LogP contribution in [0.4, 0.5) is 0 Å². The topological polar surface area (TPSA) is 25.8 Å². The third kappa shape index (κ3) is 1.34. The number of halogens is 1. The van der Waals surface area contributed by atoms with Gasteiger partial charge in [0, 0.05) is 15.8 Å². The lowest BCUT2D eigenvalue weighted by atomic mass is 10.1. The maximum absolute atomic E-state index is 5.90. The van der Waals surface area contributed by atoms with Crippen molar-refractivity contribution in [3.05, 3.63) is 47.5 Å². The van der Waals surface area contributed by atoms with Gasteiger partial charge in [-0.3, -0.25) is 0 Å². The van der Waals surface area contributed by atoms with Gasteiger partial charge in [-0.2, -0.15) is 0 Å². The fourth-order valence-corrected chi connectivity index (χ4v) is 1.88. The fourth-order valence-electron chi connectivity index (χ4n) is 1.71. The summed E-state index contributed by atoms with van der Waals surface area (Å²) in [5.41, 5.74) is 1.74. The Hall–Kier alpha value is -1.67. The molecule has 1 heterocycles. The molecular formula is C12H7ClN2. The first-order valence-corrected chi connectivity index (χ1v) is 5.03.